The minimum absolute atomic E-state index is 0.259. The molecule has 0 amide bonds. The van der Waals surface area contributed by atoms with Gasteiger partial charge >= 0.3 is 11.9 Å². The summed E-state index contributed by atoms with van der Waals surface area (Å²) in [6, 6.07) is 12.1. The van der Waals surface area contributed by atoms with Gasteiger partial charge in [0.2, 0.25) is 0 Å². The van der Waals surface area contributed by atoms with Gasteiger partial charge in [-0.05, 0) is 55.0 Å². The second-order valence-electron chi connectivity index (χ2n) is 5.12. The molecule has 0 aromatic heterocycles. The highest BCUT2D eigenvalue weighted by Gasteiger charge is 1.99. The van der Waals surface area contributed by atoms with Crippen LogP contribution in [0.3, 0.4) is 0 Å². The van der Waals surface area contributed by atoms with Gasteiger partial charge in [-0.25, -0.2) is 9.59 Å². The van der Waals surface area contributed by atoms with Gasteiger partial charge in [0.15, 0.2) is 6.29 Å². The van der Waals surface area contributed by atoms with Gasteiger partial charge in [-0.1, -0.05) is 13.3 Å². The zero-order valence-electron chi connectivity index (χ0n) is 14.4. The summed E-state index contributed by atoms with van der Waals surface area (Å²) in [4.78, 5) is 20.5. The van der Waals surface area contributed by atoms with Crippen molar-refractivity contribution < 1.29 is 30.0 Å². The Bertz CT molecular complexity index is 614. The van der Waals surface area contributed by atoms with Gasteiger partial charge in [-0.2, -0.15) is 0 Å². The van der Waals surface area contributed by atoms with E-state index in [0.29, 0.717) is 17.8 Å². The summed E-state index contributed by atoms with van der Waals surface area (Å²) in [5, 5.41) is 33.1. The number of rotatable bonds is 4. The van der Waals surface area contributed by atoms with Crippen LogP contribution in [0.25, 0.3) is 0 Å². The maximum absolute atomic E-state index is 10.3. The molecule has 0 saturated carbocycles. The number of nitrogen functional groups attached to an aromatic ring is 2. The summed E-state index contributed by atoms with van der Waals surface area (Å²) in [6.07, 6.45) is 0.215. The van der Waals surface area contributed by atoms with Crippen molar-refractivity contribution in [1.82, 2.24) is 0 Å². The van der Waals surface area contributed by atoms with Crippen LogP contribution in [-0.4, -0.2) is 38.7 Å². The van der Waals surface area contributed by atoms with Crippen molar-refractivity contribution in [3.8, 4) is 0 Å². The third-order valence-corrected chi connectivity index (χ3v) is 2.86. The number of hydrogen-bond donors (Lipinski definition) is 6. The predicted octanol–water partition coefficient (Wildman–Crippen LogP) is 2.03. The van der Waals surface area contributed by atoms with E-state index in [0.717, 1.165) is 6.42 Å². The maximum Gasteiger partial charge on any atom is 0.335 e. The zero-order chi connectivity index (χ0) is 20.1. The molecule has 2 rings (SSSR count). The molecular weight excluding hydrogens is 340 g/mol. The fourth-order valence-corrected chi connectivity index (χ4v) is 1.51. The molecule has 0 spiro atoms. The van der Waals surface area contributed by atoms with Crippen LogP contribution in [0.1, 0.15) is 40.5 Å². The van der Waals surface area contributed by atoms with Gasteiger partial charge in [0.05, 0.1) is 11.1 Å². The summed E-state index contributed by atoms with van der Waals surface area (Å²) in [6.45, 7) is 1.90. The maximum atomic E-state index is 10.3. The molecular formula is C18H24N2O6. The van der Waals surface area contributed by atoms with Crippen molar-refractivity contribution in [1.29, 1.82) is 0 Å². The van der Waals surface area contributed by atoms with Crippen LogP contribution in [0.2, 0.25) is 0 Å². The Morgan fingerprint density at radius 2 is 1.12 bits per heavy atom. The van der Waals surface area contributed by atoms with Gasteiger partial charge in [-0.15, -0.1) is 0 Å². The van der Waals surface area contributed by atoms with E-state index in [1.807, 2.05) is 6.92 Å². The fraction of sp³-hybridized carbons (Fsp3) is 0.222. The predicted molar refractivity (Wildman–Crippen MR) is 98.8 cm³/mol. The van der Waals surface area contributed by atoms with Crippen molar-refractivity contribution in [2.24, 2.45) is 0 Å². The van der Waals surface area contributed by atoms with Gasteiger partial charge in [0.25, 0.3) is 0 Å². The van der Waals surface area contributed by atoms with Crippen LogP contribution < -0.4 is 11.5 Å². The molecule has 8 heteroatoms. The molecule has 0 radical (unpaired) electrons. The highest BCUT2D eigenvalue weighted by molar-refractivity contribution is 5.88. The normalized spacial score (nSPS) is 9.38. The number of carboxylic acids is 2. The van der Waals surface area contributed by atoms with Crippen LogP contribution in [0, 0.1) is 0 Å². The van der Waals surface area contributed by atoms with Gasteiger partial charge < -0.3 is 31.9 Å². The van der Waals surface area contributed by atoms with Crippen LogP contribution in [0.5, 0.6) is 0 Å². The molecule has 8 nitrogen and oxygen atoms in total. The van der Waals surface area contributed by atoms with Crippen LogP contribution in [-0.2, 0) is 0 Å². The van der Waals surface area contributed by atoms with E-state index in [9.17, 15) is 9.59 Å². The van der Waals surface area contributed by atoms with E-state index >= 15 is 0 Å². The first-order valence-electron chi connectivity index (χ1n) is 7.71. The second-order valence-corrected chi connectivity index (χ2v) is 5.12. The molecule has 0 fully saturated rings. The van der Waals surface area contributed by atoms with E-state index in [2.05, 4.69) is 0 Å². The molecule has 0 saturated heterocycles. The first-order valence-corrected chi connectivity index (χ1v) is 7.71. The third-order valence-electron chi connectivity index (χ3n) is 2.86. The molecule has 0 aliphatic rings. The Balaban J connectivity index is 0.000000375. The summed E-state index contributed by atoms with van der Waals surface area (Å²) >= 11 is 0. The standard InChI is InChI=1S/2C7H7NO2.C4H10O2/c2*8-6-3-1-5(2-4-6)7(9)10;1-2-3-4(5)6/h2*1-4H,8H2,(H,9,10);4-6H,2-3H2,1H3. The molecule has 26 heavy (non-hydrogen) atoms. The number of aliphatic hydroxyl groups excluding tert-OH is 1. The lowest BCUT2D eigenvalue weighted by atomic mass is 10.2. The van der Waals surface area contributed by atoms with E-state index < -0.39 is 18.2 Å². The van der Waals surface area contributed by atoms with Crippen LogP contribution in [0.15, 0.2) is 48.5 Å². The Morgan fingerprint density at radius 3 is 1.27 bits per heavy atom. The number of carbonyl (C=O) groups is 2. The quantitative estimate of drug-likeness (QED) is 0.354. The summed E-state index contributed by atoms with van der Waals surface area (Å²) in [7, 11) is 0. The molecule has 8 N–H and O–H groups in total. The zero-order valence-corrected chi connectivity index (χ0v) is 14.4. The number of carboxylic acid groups (broad SMARTS) is 2. The largest absolute Gasteiger partial charge is 0.478 e. The van der Waals surface area contributed by atoms with E-state index in [1.165, 1.54) is 24.3 Å². The number of anilines is 2. The SMILES string of the molecule is CCCC(O)O.Nc1ccc(C(=O)O)cc1.Nc1ccc(C(=O)O)cc1. The highest BCUT2D eigenvalue weighted by atomic mass is 16.5. The van der Waals surface area contributed by atoms with E-state index in [4.69, 9.17) is 31.9 Å². The van der Waals surface area contributed by atoms with E-state index in [1.54, 1.807) is 24.3 Å². The number of benzene rings is 2. The number of nitrogens with two attached hydrogens (primary N) is 2. The third kappa shape index (κ3) is 10.6. The molecule has 0 heterocycles. The molecule has 0 bridgehead atoms. The fourth-order valence-electron chi connectivity index (χ4n) is 1.51. The molecule has 0 aliphatic carbocycles. The number of aliphatic hydroxyl groups is 2. The lowest BCUT2D eigenvalue weighted by Gasteiger charge is -1.94. The lowest BCUT2D eigenvalue weighted by Crippen LogP contribution is -2.01. The number of aromatic carboxylic acids is 2. The first kappa shape index (κ1) is 22.9. The molecule has 0 aliphatic heterocycles. The van der Waals surface area contributed by atoms with Crippen molar-refractivity contribution in [2.45, 2.75) is 26.1 Å². The molecule has 142 valence electrons. The lowest BCUT2D eigenvalue weighted by molar-refractivity contribution is -0.0453. The molecule has 0 atom stereocenters. The molecule has 2 aromatic rings. The first-order chi connectivity index (χ1) is 12.2. The summed E-state index contributed by atoms with van der Waals surface area (Å²) in [5.41, 5.74) is 12.3. The van der Waals surface area contributed by atoms with Crippen molar-refractivity contribution in [3.05, 3.63) is 59.7 Å². The Morgan fingerprint density at radius 1 is 0.808 bits per heavy atom. The Labute approximate surface area is 151 Å². The van der Waals surface area contributed by atoms with Gasteiger partial charge in [0.1, 0.15) is 0 Å². The average molecular weight is 364 g/mol. The smallest absolute Gasteiger partial charge is 0.335 e. The summed E-state index contributed by atoms with van der Waals surface area (Å²) in [5.74, 6) is -1.86. The minimum Gasteiger partial charge on any atom is -0.478 e. The van der Waals surface area contributed by atoms with E-state index in [-0.39, 0.29) is 11.1 Å². The highest BCUT2D eigenvalue weighted by Crippen LogP contribution is 2.05. The van der Waals surface area contributed by atoms with Gasteiger partial charge in [-0.3, -0.25) is 0 Å². The van der Waals surface area contributed by atoms with Gasteiger partial charge in [0, 0.05) is 11.4 Å². The summed E-state index contributed by atoms with van der Waals surface area (Å²) < 4.78 is 0. The topological polar surface area (TPSA) is 167 Å². The van der Waals surface area contributed by atoms with Crippen molar-refractivity contribution >= 4 is 23.3 Å². The second kappa shape index (κ2) is 12.3. The Kier molecular flexibility index (Phi) is 10.8. The average Bonchev–Trinajstić information content (AvgIpc) is 2.56. The monoisotopic (exact) mass is 364 g/mol. The molecule has 2 aromatic carbocycles. The van der Waals surface area contributed by atoms with Crippen molar-refractivity contribution in [3.63, 3.8) is 0 Å². The Hall–Kier alpha value is -3.10. The number of hydrogen-bond acceptors (Lipinski definition) is 6. The van der Waals surface area contributed by atoms with Crippen LogP contribution in [0.4, 0.5) is 11.4 Å². The van der Waals surface area contributed by atoms with Crippen molar-refractivity contribution in [2.75, 3.05) is 11.5 Å². The minimum atomic E-state index is -1.10. The van der Waals surface area contributed by atoms with Crippen LogP contribution >= 0.6 is 0 Å². The molecule has 0 unspecified atom stereocenters.